The van der Waals surface area contributed by atoms with E-state index in [1.165, 1.54) is 11.3 Å². The Bertz CT molecular complexity index is 1230. The predicted molar refractivity (Wildman–Crippen MR) is 135 cm³/mol. The van der Waals surface area contributed by atoms with Gasteiger partial charge in [-0.05, 0) is 85.6 Å². The van der Waals surface area contributed by atoms with E-state index in [0.29, 0.717) is 5.75 Å². The van der Waals surface area contributed by atoms with Gasteiger partial charge in [0.25, 0.3) is 0 Å². The number of phenolic OH excluding ortho intramolecular Hbond substituents is 2. The molecule has 1 atom stereocenters. The lowest BCUT2D eigenvalue weighted by molar-refractivity contribution is -0.110. The lowest BCUT2D eigenvalue weighted by Crippen LogP contribution is -2.25. The van der Waals surface area contributed by atoms with Crippen LogP contribution in [0.5, 0.6) is 23.0 Å². The van der Waals surface area contributed by atoms with Crippen LogP contribution in [0.15, 0.2) is 66.7 Å². The van der Waals surface area contributed by atoms with Crippen molar-refractivity contribution >= 4 is 33.4 Å². The molecule has 0 aliphatic rings. The third-order valence-electron chi connectivity index (χ3n) is 5.65. The number of fused-ring (bicyclic) bond motifs is 1. The highest BCUT2D eigenvalue weighted by Gasteiger charge is 2.17. The van der Waals surface area contributed by atoms with Gasteiger partial charge in [0.1, 0.15) is 23.5 Å². The Hall–Kier alpha value is -3.51. The van der Waals surface area contributed by atoms with E-state index < -0.39 is 0 Å². The van der Waals surface area contributed by atoms with Crippen molar-refractivity contribution in [3.8, 4) is 33.4 Å². The van der Waals surface area contributed by atoms with Crippen LogP contribution < -0.4 is 9.64 Å². The van der Waals surface area contributed by atoms with E-state index in [1.54, 1.807) is 24.3 Å². The molecule has 0 bridgehead atoms. The van der Waals surface area contributed by atoms with Gasteiger partial charge in [-0.3, -0.25) is 0 Å². The molecular weight excluding hydrogens is 434 g/mol. The number of anilines is 1. The van der Waals surface area contributed by atoms with E-state index in [-0.39, 0.29) is 17.4 Å². The van der Waals surface area contributed by atoms with Gasteiger partial charge in [-0.15, -0.1) is 11.3 Å². The van der Waals surface area contributed by atoms with Crippen molar-refractivity contribution in [2.45, 2.75) is 20.3 Å². The van der Waals surface area contributed by atoms with Gasteiger partial charge >= 0.3 is 0 Å². The summed E-state index contributed by atoms with van der Waals surface area (Å²) in [6.07, 6.45) is 1.82. The summed E-state index contributed by atoms with van der Waals surface area (Å²) >= 11 is 1.54. The van der Waals surface area contributed by atoms with Crippen molar-refractivity contribution in [2.24, 2.45) is 5.92 Å². The standard InChI is InChI=1S/C27H27NO4S/c1-3-28(15-14-18(2)17-29)20-6-11-23(12-7-20)32-26-24-13-10-22(31)16-25(24)33-27(26)19-4-8-21(30)9-5-19/h4-13,16-18,30-31H,3,14-15H2,1-2H3. The minimum absolute atomic E-state index is 0.0475. The average Bonchev–Trinajstić information content (AvgIpc) is 3.17. The van der Waals surface area contributed by atoms with Crippen LogP contribution in [0.2, 0.25) is 0 Å². The third kappa shape index (κ3) is 5.12. The third-order valence-corrected chi connectivity index (χ3v) is 6.83. The monoisotopic (exact) mass is 461 g/mol. The zero-order chi connectivity index (χ0) is 23.4. The fraction of sp³-hybridized carbons (Fsp3) is 0.222. The van der Waals surface area contributed by atoms with Crippen molar-refractivity contribution in [2.75, 3.05) is 18.0 Å². The first-order chi connectivity index (χ1) is 16.0. The van der Waals surface area contributed by atoms with E-state index in [2.05, 4.69) is 11.8 Å². The van der Waals surface area contributed by atoms with Crippen LogP contribution in [0.1, 0.15) is 20.3 Å². The van der Waals surface area contributed by atoms with Crippen LogP contribution in [0.3, 0.4) is 0 Å². The number of rotatable bonds is 9. The van der Waals surface area contributed by atoms with Gasteiger partial charge in [0.15, 0.2) is 5.75 Å². The van der Waals surface area contributed by atoms with Crippen LogP contribution in [-0.4, -0.2) is 29.6 Å². The van der Waals surface area contributed by atoms with E-state index in [4.69, 9.17) is 4.74 Å². The molecule has 170 valence electrons. The number of thiophene rings is 1. The van der Waals surface area contributed by atoms with E-state index in [1.807, 2.05) is 49.4 Å². The van der Waals surface area contributed by atoms with Crippen molar-refractivity contribution in [3.63, 3.8) is 0 Å². The first kappa shape index (κ1) is 22.7. The Morgan fingerprint density at radius 1 is 1.00 bits per heavy atom. The fourth-order valence-electron chi connectivity index (χ4n) is 3.71. The van der Waals surface area contributed by atoms with Gasteiger partial charge in [-0.2, -0.15) is 0 Å². The summed E-state index contributed by atoms with van der Waals surface area (Å²) in [7, 11) is 0. The van der Waals surface area contributed by atoms with Gasteiger partial charge < -0.3 is 24.6 Å². The molecule has 0 fully saturated rings. The summed E-state index contributed by atoms with van der Waals surface area (Å²) in [5.74, 6) is 1.90. The molecule has 33 heavy (non-hydrogen) atoms. The second kappa shape index (κ2) is 9.96. The largest absolute Gasteiger partial charge is 0.508 e. The number of benzene rings is 3. The molecule has 4 rings (SSSR count). The highest BCUT2D eigenvalue weighted by Crippen LogP contribution is 2.47. The molecule has 0 amide bonds. The second-order valence-corrected chi connectivity index (χ2v) is 9.12. The minimum atomic E-state index is 0.0475. The lowest BCUT2D eigenvalue weighted by atomic mass is 10.1. The topological polar surface area (TPSA) is 70.0 Å². The summed E-state index contributed by atoms with van der Waals surface area (Å²) in [6.45, 7) is 5.72. The number of phenols is 2. The molecule has 0 radical (unpaired) electrons. The predicted octanol–water partition coefficient (Wildman–Crippen LogP) is 6.82. The zero-order valence-electron chi connectivity index (χ0n) is 18.7. The number of carbonyl (C=O) groups is 1. The number of ether oxygens (including phenoxy) is 1. The van der Waals surface area contributed by atoms with Crippen LogP contribution in [0.4, 0.5) is 5.69 Å². The lowest BCUT2D eigenvalue weighted by Gasteiger charge is -2.24. The van der Waals surface area contributed by atoms with E-state index in [0.717, 1.165) is 57.8 Å². The number of hydrogen-bond donors (Lipinski definition) is 2. The molecule has 3 aromatic carbocycles. The summed E-state index contributed by atoms with van der Waals surface area (Å²) in [5.41, 5.74) is 2.02. The van der Waals surface area contributed by atoms with Crippen LogP contribution >= 0.6 is 11.3 Å². The molecule has 0 spiro atoms. The van der Waals surface area contributed by atoms with Gasteiger partial charge in [-0.1, -0.05) is 6.92 Å². The molecule has 1 heterocycles. The van der Waals surface area contributed by atoms with E-state index >= 15 is 0 Å². The number of aldehydes is 1. The van der Waals surface area contributed by atoms with Gasteiger partial charge in [0.05, 0.1) is 4.88 Å². The Morgan fingerprint density at radius 3 is 2.36 bits per heavy atom. The van der Waals surface area contributed by atoms with Crippen molar-refractivity contribution < 1.29 is 19.7 Å². The number of nitrogens with zero attached hydrogens (tertiary/aromatic N) is 1. The smallest absolute Gasteiger partial charge is 0.153 e. The highest BCUT2D eigenvalue weighted by atomic mass is 32.1. The normalized spacial score (nSPS) is 11.9. The average molecular weight is 462 g/mol. The number of hydrogen-bond acceptors (Lipinski definition) is 6. The molecule has 0 saturated heterocycles. The van der Waals surface area contributed by atoms with Crippen molar-refractivity contribution in [1.82, 2.24) is 0 Å². The molecule has 4 aromatic rings. The van der Waals surface area contributed by atoms with Crippen molar-refractivity contribution in [3.05, 3.63) is 66.7 Å². The Kier molecular flexibility index (Phi) is 6.84. The summed E-state index contributed by atoms with van der Waals surface area (Å²) < 4.78 is 7.30. The van der Waals surface area contributed by atoms with Crippen LogP contribution in [0.25, 0.3) is 20.5 Å². The Morgan fingerprint density at radius 2 is 1.70 bits per heavy atom. The second-order valence-electron chi connectivity index (χ2n) is 8.07. The zero-order valence-corrected chi connectivity index (χ0v) is 19.5. The number of aromatic hydroxyl groups is 2. The van der Waals surface area contributed by atoms with Gasteiger partial charge in [-0.25, -0.2) is 0 Å². The minimum Gasteiger partial charge on any atom is -0.508 e. The maximum Gasteiger partial charge on any atom is 0.153 e. The maximum atomic E-state index is 10.9. The molecule has 5 nitrogen and oxygen atoms in total. The molecule has 1 unspecified atom stereocenters. The van der Waals surface area contributed by atoms with E-state index in [9.17, 15) is 15.0 Å². The molecule has 0 saturated carbocycles. The maximum absolute atomic E-state index is 10.9. The molecule has 1 aromatic heterocycles. The molecular formula is C27H27NO4S. The summed E-state index contributed by atoms with van der Waals surface area (Å²) in [4.78, 5) is 14.1. The van der Waals surface area contributed by atoms with Crippen LogP contribution in [-0.2, 0) is 4.79 Å². The number of carbonyl (C=O) groups excluding carboxylic acids is 1. The van der Waals surface area contributed by atoms with Crippen molar-refractivity contribution in [1.29, 1.82) is 0 Å². The fourth-order valence-corrected chi connectivity index (χ4v) is 4.87. The first-order valence-corrected chi connectivity index (χ1v) is 11.8. The molecule has 2 N–H and O–H groups in total. The highest BCUT2D eigenvalue weighted by molar-refractivity contribution is 7.22. The van der Waals surface area contributed by atoms with Gasteiger partial charge in [0.2, 0.25) is 0 Å². The van der Waals surface area contributed by atoms with Crippen LogP contribution in [0, 0.1) is 5.92 Å². The Balaban J connectivity index is 1.63. The molecule has 0 aliphatic heterocycles. The SMILES string of the molecule is CCN(CCC(C)C=O)c1ccc(Oc2c(-c3ccc(O)cc3)sc3cc(O)ccc23)cc1. The summed E-state index contributed by atoms with van der Waals surface area (Å²) in [5, 5.41) is 20.5. The Labute approximate surface area is 197 Å². The molecule has 0 aliphatic carbocycles. The van der Waals surface area contributed by atoms with Gasteiger partial charge in [0, 0.05) is 34.8 Å². The first-order valence-electron chi connectivity index (χ1n) is 11.0. The quantitative estimate of drug-likeness (QED) is 0.268. The summed E-state index contributed by atoms with van der Waals surface area (Å²) in [6, 6.07) is 20.2. The molecule has 6 heteroatoms.